The molecule has 2 rings (SSSR count). The van der Waals surface area contributed by atoms with E-state index >= 15 is 0 Å². The van der Waals surface area contributed by atoms with E-state index in [-0.39, 0.29) is 35.9 Å². The van der Waals surface area contributed by atoms with Crippen molar-refractivity contribution in [3.05, 3.63) is 17.5 Å². The first-order valence-corrected chi connectivity index (χ1v) is 8.44. The Kier molecular flexibility index (Phi) is 3.90. The minimum Gasteiger partial charge on any atom is -0.351 e. The minimum absolute atomic E-state index is 0.00454. The molecule has 6 nitrogen and oxygen atoms in total. The highest BCUT2D eigenvalue weighted by atomic mass is 32.2. The van der Waals surface area contributed by atoms with Gasteiger partial charge in [-0.3, -0.25) is 4.79 Å². The van der Waals surface area contributed by atoms with Gasteiger partial charge in [-0.2, -0.15) is 0 Å². The summed E-state index contributed by atoms with van der Waals surface area (Å²) in [4.78, 5) is 14.0. The van der Waals surface area contributed by atoms with Gasteiger partial charge in [-0.25, -0.2) is 8.42 Å². The molecule has 0 saturated carbocycles. The van der Waals surface area contributed by atoms with Crippen molar-refractivity contribution in [2.45, 2.75) is 44.9 Å². The second kappa shape index (κ2) is 5.20. The Bertz CT molecular complexity index is 606. The lowest BCUT2D eigenvalue weighted by atomic mass is 10.1. The zero-order valence-corrected chi connectivity index (χ0v) is 13.0. The predicted molar refractivity (Wildman–Crippen MR) is 74.3 cm³/mol. The maximum absolute atomic E-state index is 12.4. The summed E-state index contributed by atoms with van der Waals surface area (Å²) >= 11 is 0. The van der Waals surface area contributed by atoms with Crippen LogP contribution in [0, 0.1) is 0 Å². The van der Waals surface area contributed by atoms with Gasteiger partial charge in [0.05, 0.1) is 16.7 Å². The number of carbonyl (C=O) groups is 1. The van der Waals surface area contributed by atoms with Gasteiger partial charge < -0.3 is 9.42 Å². The molecule has 20 heavy (non-hydrogen) atoms. The summed E-state index contributed by atoms with van der Waals surface area (Å²) in [6, 6.07) is 1.27. The van der Waals surface area contributed by atoms with Crippen LogP contribution in [0.2, 0.25) is 0 Å². The Morgan fingerprint density at radius 2 is 2.10 bits per heavy atom. The predicted octanol–water partition coefficient (Wildman–Crippen LogP) is 1.45. The molecule has 0 spiro atoms. The zero-order chi connectivity index (χ0) is 15.1. The van der Waals surface area contributed by atoms with E-state index < -0.39 is 15.1 Å². The van der Waals surface area contributed by atoms with E-state index in [4.69, 9.17) is 4.52 Å². The third-order valence-electron chi connectivity index (χ3n) is 3.95. The van der Waals surface area contributed by atoms with Crippen LogP contribution in [0.25, 0.3) is 0 Å². The number of aromatic nitrogens is 1. The second-order valence-corrected chi connectivity index (χ2v) is 8.06. The lowest BCUT2D eigenvalue weighted by Gasteiger charge is -2.36. The lowest BCUT2D eigenvalue weighted by Crippen LogP contribution is -2.54. The van der Waals surface area contributed by atoms with Crippen LogP contribution in [0.3, 0.4) is 0 Å². The molecule has 1 saturated heterocycles. The number of hydrogen-bond donors (Lipinski definition) is 0. The third kappa shape index (κ3) is 2.59. The Morgan fingerprint density at radius 1 is 1.45 bits per heavy atom. The molecule has 0 bridgehead atoms. The average molecular weight is 300 g/mol. The summed E-state index contributed by atoms with van der Waals surface area (Å²) in [6.45, 7) is 7.51. The monoisotopic (exact) mass is 300 g/mol. The maximum Gasteiger partial charge on any atom is 0.292 e. The lowest BCUT2D eigenvalue weighted by molar-refractivity contribution is 0.0650. The molecule has 0 aromatic carbocycles. The Morgan fingerprint density at radius 3 is 2.65 bits per heavy atom. The number of sulfone groups is 1. The fourth-order valence-corrected chi connectivity index (χ4v) is 3.83. The zero-order valence-electron chi connectivity index (χ0n) is 12.2. The van der Waals surface area contributed by atoms with Crippen LogP contribution >= 0.6 is 0 Å². The normalized spacial score (nSPS) is 25.9. The third-order valence-corrected chi connectivity index (χ3v) is 6.22. The van der Waals surface area contributed by atoms with E-state index in [9.17, 15) is 13.2 Å². The van der Waals surface area contributed by atoms with E-state index in [0.717, 1.165) is 5.69 Å². The van der Waals surface area contributed by atoms with Gasteiger partial charge in [0.2, 0.25) is 5.76 Å². The second-order valence-electron chi connectivity index (χ2n) is 5.58. The molecule has 112 valence electrons. The van der Waals surface area contributed by atoms with E-state index in [1.54, 1.807) is 24.8 Å². The molecule has 1 fully saturated rings. The molecule has 2 heterocycles. The van der Waals surface area contributed by atoms with Crippen molar-refractivity contribution in [1.82, 2.24) is 10.1 Å². The van der Waals surface area contributed by atoms with Crippen LogP contribution in [-0.2, 0) is 9.84 Å². The van der Waals surface area contributed by atoms with Gasteiger partial charge in [0, 0.05) is 18.7 Å². The molecule has 0 N–H and O–H groups in total. The van der Waals surface area contributed by atoms with Crippen LogP contribution in [0.4, 0.5) is 0 Å². The van der Waals surface area contributed by atoms with Crippen molar-refractivity contribution in [2.24, 2.45) is 0 Å². The van der Waals surface area contributed by atoms with Crippen molar-refractivity contribution in [1.29, 1.82) is 0 Å². The highest BCUT2D eigenvalue weighted by molar-refractivity contribution is 7.92. The molecule has 1 aliphatic heterocycles. The highest BCUT2D eigenvalue weighted by Crippen LogP contribution is 2.22. The van der Waals surface area contributed by atoms with E-state index in [0.29, 0.717) is 0 Å². The van der Waals surface area contributed by atoms with Crippen molar-refractivity contribution in [3.8, 4) is 0 Å². The molecule has 1 aromatic rings. The first-order valence-electron chi connectivity index (χ1n) is 6.73. The molecule has 1 amide bonds. The summed E-state index contributed by atoms with van der Waals surface area (Å²) < 4.78 is 28.7. The molecular formula is C13H20N2O4S. The molecule has 0 unspecified atom stereocenters. The largest absolute Gasteiger partial charge is 0.351 e. The Balaban J connectivity index is 2.21. The number of carbonyl (C=O) groups excluding carboxylic acids is 1. The molecule has 0 aliphatic carbocycles. The number of rotatable bonds is 2. The van der Waals surface area contributed by atoms with Gasteiger partial charge in [-0.1, -0.05) is 19.0 Å². The van der Waals surface area contributed by atoms with Crippen molar-refractivity contribution in [2.75, 3.05) is 12.3 Å². The topological polar surface area (TPSA) is 80.5 Å². The Labute approximate surface area is 119 Å². The van der Waals surface area contributed by atoms with E-state index in [2.05, 4.69) is 5.16 Å². The first kappa shape index (κ1) is 15.0. The van der Waals surface area contributed by atoms with Crippen LogP contribution in [0.1, 0.15) is 49.9 Å². The van der Waals surface area contributed by atoms with Crippen LogP contribution in [-0.4, -0.2) is 48.0 Å². The summed E-state index contributed by atoms with van der Waals surface area (Å²) in [5, 5.41) is 3.30. The van der Waals surface area contributed by atoms with Crippen molar-refractivity contribution in [3.63, 3.8) is 0 Å². The standard InChI is InChI=1S/C13H20N2O4S/c1-8(2)11-7-12(19-14-11)13(16)15-5-6-20(17,18)10(4)9(15)3/h7-10H,5-6H2,1-4H3/t9-,10+/m0/s1. The van der Waals surface area contributed by atoms with E-state index in [1.165, 1.54) is 0 Å². The van der Waals surface area contributed by atoms with Gasteiger partial charge in [0.25, 0.3) is 5.91 Å². The molecular weight excluding hydrogens is 280 g/mol. The van der Waals surface area contributed by atoms with Gasteiger partial charge in [-0.15, -0.1) is 0 Å². The van der Waals surface area contributed by atoms with Crippen LogP contribution in [0.15, 0.2) is 10.6 Å². The summed E-state index contributed by atoms with van der Waals surface area (Å²) in [5.74, 6) is 0.0548. The van der Waals surface area contributed by atoms with Gasteiger partial charge >= 0.3 is 0 Å². The number of amides is 1. The number of hydrogen-bond acceptors (Lipinski definition) is 5. The maximum atomic E-state index is 12.4. The molecule has 0 radical (unpaired) electrons. The molecule has 7 heteroatoms. The summed E-state index contributed by atoms with van der Waals surface area (Å²) in [5.41, 5.74) is 0.721. The molecule has 1 aliphatic rings. The van der Waals surface area contributed by atoms with Gasteiger partial charge in [-0.05, 0) is 19.8 Å². The fraction of sp³-hybridized carbons (Fsp3) is 0.692. The Hall–Kier alpha value is -1.37. The SMILES string of the molecule is CC(C)c1cc(C(=O)N2CCS(=O)(=O)[C@H](C)[C@@H]2C)on1. The average Bonchev–Trinajstić information content (AvgIpc) is 2.85. The van der Waals surface area contributed by atoms with Gasteiger partial charge in [0.15, 0.2) is 9.84 Å². The van der Waals surface area contributed by atoms with Gasteiger partial charge in [0.1, 0.15) is 0 Å². The number of nitrogens with zero attached hydrogens (tertiary/aromatic N) is 2. The first-order chi connectivity index (χ1) is 9.24. The molecule has 1 aromatic heterocycles. The van der Waals surface area contributed by atoms with Crippen molar-refractivity contribution < 1.29 is 17.7 Å². The molecule has 2 atom stereocenters. The summed E-state index contributed by atoms with van der Waals surface area (Å²) in [7, 11) is -3.11. The smallest absolute Gasteiger partial charge is 0.292 e. The minimum atomic E-state index is -3.11. The van der Waals surface area contributed by atoms with Crippen molar-refractivity contribution >= 4 is 15.7 Å². The quantitative estimate of drug-likeness (QED) is 0.825. The summed E-state index contributed by atoms with van der Waals surface area (Å²) in [6.07, 6.45) is 0. The van der Waals surface area contributed by atoms with E-state index in [1.807, 2.05) is 13.8 Å². The van der Waals surface area contributed by atoms with Crippen LogP contribution in [0.5, 0.6) is 0 Å². The van der Waals surface area contributed by atoms with Crippen LogP contribution < -0.4 is 0 Å². The fourth-order valence-electron chi connectivity index (χ4n) is 2.26. The highest BCUT2D eigenvalue weighted by Gasteiger charge is 2.39.